The number of hydrogen-bond acceptors (Lipinski definition) is 5. The zero-order valence-corrected chi connectivity index (χ0v) is 18.9. The number of nitro groups is 1. The Balaban J connectivity index is 1.42. The summed E-state index contributed by atoms with van der Waals surface area (Å²) in [5, 5.41) is 15.3. The molecule has 0 aliphatic heterocycles. The van der Waals surface area contributed by atoms with Crippen molar-refractivity contribution in [2.45, 2.75) is 95.9 Å². The van der Waals surface area contributed by atoms with Crippen molar-refractivity contribution in [2.75, 3.05) is 5.32 Å². The Kier molecular flexibility index (Phi) is 3.86. The summed E-state index contributed by atoms with van der Waals surface area (Å²) in [6.45, 7) is 7.30. The number of carbonyl (C=O) groups is 1. The van der Waals surface area contributed by atoms with Crippen LogP contribution in [0.2, 0.25) is 0 Å². The molecule has 6 unspecified atom stereocenters. The fourth-order valence-corrected chi connectivity index (χ4v) is 9.33. The molecule has 5 saturated carbocycles. The van der Waals surface area contributed by atoms with Gasteiger partial charge in [-0.15, -0.1) is 0 Å². The Labute approximate surface area is 183 Å². The van der Waals surface area contributed by atoms with E-state index < -0.39 is 10.8 Å². The van der Waals surface area contributed by atoms with Crippen molar-refractivity contribution in [3.63, 3.8) is 0 Å². The van der Waals surface area contributed by atoms with Gasteiger partial charge in [0.25, 0.3) is 0 Å². The Bertz CT molecular complexity index is 1010. The lowest BCUT2D eigenvalue weighted by atomic mass is 9.40. The van der Waals surface area contributed by atoms with Gasteiger partial charge in [0, 0.05) is 5.54 Å². The lowest BCUT2D eigenvalue weighted by Crippen LogP contribution is -2.63. The van der Waals surface area contributed by atoms with Crippen molar-refractivity contribution in [3.05, 3.63) is 33.1 Å². The van der Waals surface area contributed by atoms with E-state index in [0.29, 0.717) is 22.7 Å². The zero-order chi connectivity index (χ0) is 21.8. The molecule has 0 saturated heterocycles. The molecule has 1 amide bonds. The van der Waals surface area contributed by atoms with Gasteiger partial charge in [0.2, 0.25) is 0 Å². The van der Waals surface area contributed by atoms with E-state index in [-0.39, 0.29) is 17.2 Å². The number of amides is 1. The van der Waals surface area contributed by atoms with E-state index in [4.69, 9.17) is 0 Å². The number of anilines is 1. The van der Waals surface area contributed by atoms with Crippen molar-refractivity contribution >= 4 is 11.6 Å². The number of hydrogen-bond donors (Lipinski definition) is 1. The van der Waals surface area contributed by atoms with Gasteiger partial charge in [0.15, 0.2) is 5.69 Å². The highest BCUT2D eigenvalue weighted by atomic mass is 16.6. The standard InChI is InChI=1S/C25H33N3O3/c1-14(2)24-8-15-7-23(3,11-24)12-25(9-15,13-24)27-18-10-26-21(22(29)28(30)31)20-17-5-4-16(6-17)19(18)20/h10,14-17,27H,4-9,11-13H2,1-3H3. The van der Waals surface area contributed by atoms with Crippen LogP contribution in [0.25, 0.3) is 0 Å². The molecule has 6 bridgehead atoms. The molecule has 166 valence electrons. The summed E-state index contributed by atoms with van der Waals surface area (Å²) < 4.78 is 0. The number of carbonyl (C=O) groups excluding carboxylic acids is 1. The molecule has 6 heteroatoms. The Morgan fingerprint density at radius 2 is 1.90 bits per heavy atom. The van der Waals surface area contributed by atoms with E-state index in [0.717, 1.165) is 36.4 Å². The Morgan fingerprint density at radius 1 is 1.16 bits per heavy atom. The van der Waals surface area contributed by atoms with Crippen molar-refractivity contribution in [3.8, 4) is 0 Å². The minimum atomic E-state index is -1.04. The predicted octanol–water partition coefficient (Wildman–Crippen LogP) is 5.66. The molecule has 0 spiro atoms. The van der Waals surface area contributed by atoms with Crippen LogP contribution in [0.1, 0.15) is 112 Å². The fourth-order valence-electron chi connectivity index (χ4n) is 9.33. The summed E-state index contributed by atoms with van der Waals surface area (Å²) >= 11 is 0. The van der Waals surface area contributed by atoms with E-state index in [1.54, 1.807) is 6.20 Å². The van der Waals surface area contributed by atoms with E-state index in [9.17, 15) is 14.9 Å². The van der Waals surface area contributed by atoms with Crippen molar-refractivity contribution < 1.29 is 9.72 Å². The molecule has 6 aliphatic carbocycles. The molecule has 0 aromatic carbocycles. The average Bonchev–Trinajstić information content (AvgIpc) is 3.28. The van der Waals surface area contributed by atoms with Gasteiger partial charge < -0.3 is 5.32 Å². The third-order valence-corrected chi connectivity index (χ3v) is 9.79. The van der Waals surface area contributed by atoms with Gasteiger partial charge in [-0.05, 0) is 103 Å². The van der Waals surface area contributed by atoms with Crippen LogP contribution in [0.4, 0.5) is 5.69 Å². The number of pyridine rings is 1. The van der Waals surface area contributed by atoms with Crippen LogP contribution in [0.3, 0.4) is 0 Å². The van der Waals surface area contributed by atoms with Gasteiger partial charge in [-0.3, -0.25) is 10.1 Å². The van der Waals surface area contributed by atoms with E-state index in [2.05, 4.69) is 31.1 Å². The minimum Gasteiger partial charge on any atom is -0.378 e. The maximum absolute atomic E-state index is 12.3. The normalized spacial score (nSPS) is 41.6. The van der Waals surface area contributed by atoms with Gasteiger partial charge in [-0.25, -0.2) is 9.78 Å². The predicted molar refractivity (Wildman–Crippen MR) is 118 cm³/mol. The van der Waals surface area contributed by atoms with Gasteiger partial charge in [0.1, 0.15) is 4.92 Å². The second-order valence-corrected chi connectivity index (χ2v) is 12.4. The molecule has 1 N–H and O–H groups in total. The van der Waals surface area contributed by atoms with Crippen LogP contribution in [0, 0.1) is 32.8 Å². The molecule has 31 heavy (non-hydrogen) atoms. The molecular weight excluding hydrogens is 390 g/mol. The first-order valence-corrected chi connectivity index (χ1v) is 12.1. The van der Waals surface area contributed by atoms with Crippen molar-refractivity contribution in [1.29, 1.82) is 0 Å². The molecular formula is C25H33N3O3. The largest absolute Gasteiger partial charge is 0.494 e. The minimum absolute atomic E-state index is 0.0876. The summed E-state index contributed by atoms with van der Waals surface area (Å²) in [7, 11) is 0. The number of nitrogens with zero attached hydrogens (tertiary/aromatic N) is 2. The first-order valence-electron chi connectivity index (χ1n) is 12.1. The first-order chi connectivity index (χ1) is 14.6. The third-order valence-electron chi connectivity index (χ3n) is 9.79. The molecule has 6 aliphatic rings. The average molecular weight is 424 g/mol. The van der Waals surface area contributed by atoms with E-state index in [1.807, 2.05) is 0 Å². The van der Waals surface area contributed by atoms with Crippen molar-refractivity contribution in [1.82, 2.24) is 4.98 Å². The third kappa shape index (κ3) is 2.69. The maximum Gasteiger partial charge on any atom is 0.494 e. The molecule has 1 aromatic rings. The topological polar surface area (TPSA) is 85.1 Å². The molecule has 6 nitrogen and oxygen atoms in total. The molecule has 7 rings (SSSR count). The Morgan fingerprint density at radius 3 is 2.58 bits per heavy atom. The first kappa shape index (κ1) is 19.7. The lowest BCUT2D eigenvalue weighted by Gasteiger charge is -2.67. The van der Waals surface area contributed by atoms with Crippen LogP contribution < -0.4 is 5.32 Å². The molecule has 5 fully saturated rings. The summed E-state index contributed by atoms with van der Waals surface area (Å²) in [5.41, 5.74) is 4.12. The van der Waals surface area contributed by atoms with E-state index in [1.165, 1.54) is 44.1 Å². The molecule has 0 radical (unpaired) electrons. The highest BCUT2D eigenvalue weighted by molar-refractivity contribution is 5.89. The van der Waals surface area contributed by atoms with Gasteiger partial charge in [-0.2, -0.15) is 0 Å². The second kappa shape index (κ2) is 6.08. The van der Waals surface area contributed by atoms with Gasteiger partial charge in [-0.1, -0.05) is 20.8 Å². The quantitative estimate of drug-likeness (QED) is 0.499. The van der Waals surface area contributed by atoms with Crippen molar-refractivity contribution in [2.24, 2.45) is 22.7 Å². The fraction of sp³-hybridized carbons (Fsp3) is 0.760. The smallest absolute Gasteiger partial charge is 0.378 e. The maximum atomic E-state index is 12.3. The summed E-state index contributed by atoms with van der Waals surface area (Å²) in [6, 6.07) is 0. The molecule has 6 atom stereocenters. The summed E-state index contributed by atoms with van der Waals surface area (Å²) in [4.78, 5) is 27.1. The van der Waals surface area contributed by atoms with Crippen LogP contribution >= 0.6 is 0 Å². The number of fused-ring (bicyclic) bond motifs is 5. The summed E-state index contributed by atoms with van der Waals surface area (Å²) in [6.07, 6.45) is 12.6. The molecule has 1 heterocycles. The summed E-state index contributed by atoms with van der Waals surface area (Å²) in [5.74, 6) is 1.08. The monoisotopic (exact) mass is 423 g/mol. The zero-order valence-electron chi connectivity index (χ0n) is 18.9. The van der Waals surface area contributed by atoms with E-state index >= 15 is 0 Å². The lowest BCUT2D eigenvalue weighted by molar-refractivity contribution is -0.375. The second-order valence-electron chi connectivity index (χ2n) is 12.4. The number of aromatic nitrogens is 1. The van der Waals surface area contributed by atoms with Crippen LogP contribution in [0.15, 0.2) is 6.20 Å². The highest BCUT2D eigenvalue weighted by Gasteiger charge is 2.62. The SMILES string of the molecule is CC(C)C12CC3CC(C)(CC(Nc4cnc(C(=O)[N+](=O)[O-])c5c4C4CCC5C4)(C3)C1)C2. The Hall–Kier alpha value is -1.98. The number of nitrogens with one attached hydrogen (secondary N) is 1. The van der Waals surface area contributed by atoms with Gasteiger partial charge >= 0.3 is 5.91 Å². The molecule has 1 aromatic heterocycles. The van der Waals surface area contributed by atoms with Crippen LogP contribution in [0.5, 0.6) is 0 Å². The highest BCUT2D eigenvalue weighted by Crippen LogP contribution is 2.69. The number of rotatable bonds is 4. The van der Waals surface area contributed by atoms with Crippen LogP contribution in [-0.4, -0.2) is 21.4 Å². The van der Waals surface area contributed by atoms with Crippen LogP contribution in [-0.2, 0) is 0 Å². The van der Waals surface area contributed by atoms with Gasteiger partial charge in [0.05, 0.1) is 11.9 Å².